The summed E-state index contributed by atoms with van der Waals surface area (Å²) in [6.07, 6.45) is 0.342. The van der Waals surface area contributed by atoms with Crippen LogP contribution in [0.5, 0.6) is 0 Å². The number of carboxylic acid groups (broad SMARTS) is 1. The number of amides is 3. The molecule has 0 bridgehead atoms. The first-order valence-corrected chi connectivity index (χ1v) is 9.03. The third-order valence-corrected chi connectivity index (χ3v) is 5.46. The van der Waals surface area contributed by atoms with Crippen molar-refractivity contribution >= 4 is 41.4 Å². The molecule has 0 spiro atoms. The number of carbonyl (C=O) groups is 4. The number of fused-ring (bicyclic) bond motifs is 1. The summed E-state index contributed by atoms with van der Waals surface area (Å²) in [4.78, 5) is 52.4. The van der Waals surface area contributed by atoms with Gasteiger partial charge < -0.3 is 25.3 Å². The maximum atomic E-state index is 12.5. The fourth-order valence-electron chi connectivity index (χ4n) is 2.90. The monoisotopic (exact) mass is 408 g/mol. The molecule has 28 heavy (non-hydrogen) atoms. The van der Waals surface area contributed by atoms with Crippen LogP contribution in [0.3, 0.4) is 0 Å². The summed E-state index contributed by atoms with van der Waals surface area (Å²) in [5.74, 6) is -2.09. The molecule has 148 valence electrons. The summed E-state index contributed by atoms with van der Waals surface area (Å²) in [6.45, 7) is -0.331. The standard InChI is InChI=1S/C16H16N4O7S/c1-18-9(8-3-2-4-26-8)12(21)19-10-13(22)20-11(15(23)24)7(5-27-16(17)25)6-28-14(10)20/h2-4,10,14H,5-6H2,1H3,(H2,17,25)(H,19,21)(H,23,24). The first-order chi connectivity index (χ1) is 13.3. The number of rotatable bonds is 6. The van der Waals surface area contributed by atoms with Crippen LogP contribution in [-0.2, 0) is 19.1 Å². The average Bonchev–Trinajstić information content (AvgIpc) is 3.18. The van der Waals surface area contributed by atoms with Gasteiger partial charge in [-0.1, -0.05) is 0 Å². The number of carboxylic acids is 1. The quantitative estimate of drug-likeness (QED) is 0.420. The van der Waals surface area contributed by atoms with Crippen molar-refractivity contribution in [3.63, 3.8) is 0 Å². The highest BCUT2D eigenvalue weighted by Gasteiger charge is 2.54. The highest BCUT2D eigenvalue weighted by molar-refractivity contribution is 8.00. The molecule has 12 heteroatoms. The molecule has 11 nitrogen and oxygen atoms in total. The number of nitrogens with one attached hydrogen (secondary N) is 1. The van der Waals surface area contributed by atoms with Crippen LogP contribution in [0.2, 0.25) is 0 Å². The fraction of sp³-hybridized carbons (Fsp3) is 0.312. The predicted molar refractivity (Wildman–Crippen MR) is 96.4 cm³/mol. The number of nitrogens with two attached hydrogens (primary N) is 1. The fourth-order valence-corrected chi connectivity index (χ4v) is 4.23. The SMILES string of the molecule is CN=C(C(=O)NC1C(=O)N2C(C(=O)O)=C(COC(N)=O)CSC12)c1ccco1. The van der Waals surface area contributed by atoms with Crippen LogP contribution in [-0.4, -0.2) is 70.4 Å². The van der Waals surface area contributed by atoms with E-state index in [0.29, 0.717) is 0 Å². The van der Waals surface area contributed by atoms with E-state index in [-0.39, 0.29) is 35.1 Å². The molecule has 0 aliphatic carbocycles. The molecule has 1 fully saturated rings. The molecule has 2 aliphatic rings. The number of carbonyl (C=O) groups excluding carboxylic acids is 3. The van der Waals surface area contributed by atoms with Crippen molar-refractivity contribution < 1.29 is 33.4 Å². The maximum absolute atomic E-state index is 12.5. The van der Waals surface area contributed by atoms with Crippen LogP contribution in [0, 0.1) is 0 Å². The second-order valence-corrected chi connectivity index (χ2v) is 6.88. The Bertz CT molecular complexity index is 893. The lowest BCUT2D eigenvalue weighted by Crippen LogP contribution is -2.71. The first kappa shape index (κ1) is 19.5. The molecule has 0 aromatic carbocycles. The third-order valence-electron chi connectivity index (χ3n) is 4.12. The minimum Gasteiger partial charge on any atom is -0.477 e. The van der Waals surface area contributed by atoms with E-state index >= 15 is 0 Å². The van der Waals surface area contributed by atoms with Gasteiger partial charge in [0.15, 0.2) is 11.5 Å². The van der Waals surface area contributed by atoms with E-state index < -0.39 is 35.3 Å². The van der Waals surface area contributed by atoms with Crippen molar-refractivity contribution in [2.75, 3.05) is 19.4 Å². The Kier molecular flexibility index (Phi) is 5.40. The van der Waals surface area contributed by atoms with Gasteiger partial charge in [-0.05, 0) is 12.1 Å². The van der Waals surface area contributed by atoms with Crippen molar-refractivity contribution in [3.05, 3.63) is 35.4 Å². The number of furan rings is 1. The summed E-state index contributed by atoms with van der Waals surface area (Å²) in [7, 11) is 1.41. The number of aliphatic imine (C=N–C) groups is 1. The molecule has 2 atom stereocenters. The number of hydrogen-bond donors (Lipinski definition) is 3. The number of aliphatic carboxylic acids is 1. The number of primary amides is 1. The van der Waals surface area contributed by atoms with Crippen molar-refractivity contribution in [1.29, 1.82) is 0 Å². The molecule has 1 aromatic rings. The van der Waals surface area contributed by atoms with Crippen molar-refractivity contribution in [1.82, 2.24) is 10.2 Å². The van der Waals surface area contributed by atoms with Gasteiger partial charge in [0, 0.05) is 18.4 Å². The predicted octanol–water partition coefficient (Wildman–Crippen LogP) is -0.468. The second kappa shape index (κ2) is 7.76. The molecule has 0 radical (unpaired) electrons. The highest BCUT2D eigenvalue weighted by atomic mass is 32.2. The van der Waals surface area contributed by atoms with E-state index in [4.69, 9.17) is 10.2 Å². The van der Waals surface area contributed by atoms with Crippen LogP contribution in [0.25, 0.3) is 0 Å². The maximum Gasteiger partial charge on any atom is 0.404 e. The molecule has 3 rings (SSSR count). The summed E-state index contributed by atoms with van der Waals surface area (Å²) < 4.78 is 9.81. The van der Waals surface area contributed by atoms with Crippen molar-refractivity contribution in [2.24, 2.45) is 10.7 Å². The van der Waals surface area contributed by atoms with Gasteiger partial charge in [-0.3, -0.25) is 19.5 Å². The van der Waals surface area contributed by atoms with E-state index in [2.05, 4.69) is 15.0 Å². The highest BCUT2D eigenvalue weighted by Crippen LogP contribution is 2.40. The molecule has 3 amide bonds. The van der Waals surface area contributed by atoms with Crippen molar-refractivity contribution in [3.8, 4) is 0 Å². The number of nitrogens with zero attached hydrogens (tertiary/aromatic N) is 2. The average molecular weight is 408 g/mol. The van der Waals surface area contributed by atoms with E-state index in [1.165, 1.54) is 25.1 Å². The lowest BCUT2D eigenvalue weighted by Gasteiger charge is -2.49. The lowest BCUT2D eigenvalue weighted by molar-refractivity contribution is -0.150. The molecule has 2 aliphatic heterocycles. The molecular weight excluding hydrogens is 392 g/mol. The smallest absolute Gasteiger partial charge is 0.404 e. The van der Waals surface area contributed by atoms with Crippen molar-refractivity contribution in [2.45, 2.75) is 11.4 Å². The largest absolute Gasteiger partial charge is 0.477 e. The summed E-state index contributed by atoms with van der Waals surface area (Å²) >= 11 is 1.24. The summed E-state index contributed by atoms with van der Waals surface area (Å²) in [6, 6.07) is 2.24. The van der Waals surface area contributed by atoms with Gasteiger partial charge in [0.05, 0.1) is 6.26 Å². The molecule has 3 heterocycles. The Morgan fingerprint density at radius 3 is 2.82 bits per heavy atom. The van der Waals surface area contributed by atoms with E-state index in [1.54, 1.807) is 12.1 Å². The minimum atomic E-state index is -1.34. The third kappa shape index (κ3) is 3.45. The normalized spacial score (nSPS) is 21.7. The zero-order valence-electron chi connectivity index (χ0n) is 14.6. The number of β-lactam (4-membered cyclic amide) rings is 1. The Morgan fingerprint density at radius 1 is 1.50 bits per heavy atom. The van der Waals surface area contributed by atoms with E-state index in [9.17, 15) is 24.3 Å². The first-order valence-electron chi connectivity index (χ1n) is 7.99. The van der Waals surface area contributed by atoms with E-state index in [0.717, 1.165) is 4.90 Å². The molecule has 2 unspecified atom stereocenters. The Balaban J connectivity index is 1.76. The van der Waals surface area contributed by atoms with Crippen LogP contribution in [0.1, 0.15) is 5.76 Å². The second-order valence-electron chi connectivity index (χ2n) is 5.78. The summed E-state index contributed by atoms with van der Waals surface area (Å²) in [5, 5.41) is 11.4. The zero-order valence-corrected chi connectivity index (χ0v) is 15.4. The molecule has 1 aromatic heterocycles. The zero-order chi connectivity index (χ0) is 20.4. The summed E-state index contributed by atoms with van der Waals surface area (Å²) in [5.41, 5.74) is 4.90. The van der Waals surface area contributed by atoms with Crippen LogP contribution >= 0.6 is 11.8 Å². The molecular formula is C16H16N4O7S. The number of ether oxygens (including phenoxy) is 1. The van der Waals surface area contributed by atoms with Gasteiger partial charge in [0.2, 0.25) is 0 Å². The number of hydrogen-bond acceptors (Lipinski definition) is 8. The lowest BCUT2D eigenvalue weighted by atomic mass is 10.0. The van der Waals surface area contributed by atoms with Gasteiger partial charge in [-0.15, -0.1) is 11.8 Å². The van der Waals surface area contributed by atoms with Crippen LogP contribution in [0.15, 0.2) is 39.1 Å². The van der Waals surface area contributed by atoms with Crippen LogP contribution in [0.4, 0.5) is 4.79 Å². The Labute approximate surface area is 162 Å². The minimum absolute atomic E-state index is 0.0154. The molecule has 0 saturated carbocycles. The Morgan fingerprint density at radius 2 is 2.25 bits per heavy atom. The van der Waals surface area contributed by atoms with Crippen LogP contribution < -0.4 is 11.1 Å². The topological polar surface area (TPSA) is 165 Å². The van der Waals surface area contributed by atoms with Gasteiger partial charge >= 0.3 is 12.1 Å². The van der Waals surface area contributed by atoms with Gasteiger partial charge in [0.1, 0.15) is 23.7 Å². The van der Waals surface area contributed by atoms with Gasteiger partial charge in [-0.25, -0.2) is 9.59 Å². The van der Waals surface area contributed by atoms with Gasteiger partial charge in [-0.2, -0.15) is 0 Å². The van der Waals surface area contributed by atoms with Gasteiger partial charge in [0.25, 0.3) is 11.8 Å². The van der Waals surface area contributed by atoms with E-state index in [1.807, 2.05) is 0 Å². The molecule has 1 saturated heterocycles. The molecule has 4 N–H and O–H groups in total. The Hall–Kier alpha value is -3.28. The number of thioether (sulfide) groups is 1.